The van der Waals surface area contributed by atoms with Crippen molar-refractivity contribution in [3.05, 3.63) is 36.4 Å². The lowest BCUT2D eigenvalue weighted by Gasteiger charge is -2.21. The van der Waals surface area contributed by atoms with Gasteiger partial charge in [-0.25, -0.2) is 4.98 Å². The molecule has 0 amide bonds. The molecule has 1 aliphatic heterocycles. The summed E-state index contributed by atoms with van der Waals surface area (Å²) in [5.41, 5.74) is 1.97. The van der Waals surface area contributed by atoms with Crippen LogP contribution in [0.25, 0.3) is 11.4 Å². The molecule has 0 radical (unpaired) electrons. The van der Waals surface area contributed by atoms with Crippen molar-refractivity contribution >= 4 is 0 Å². The van der Waals surface area contributed by atoms with Crippen LogP contribution in [0.4, 0.5) is 0 Å². The zero-order valence-electron chi connectivity index (χ0n) is 10.4. The first kappa shape index (κ1) is 11.4. The third-order valence-corrected chi connectivity index (χ3v) is 3.45. The molecule has 0 saturated carbocycles. The van der Waals surface area contributed by atoms with Crippen LogP contribution in [0.5, 0.6) is 0 Å². The van der Waals surface area contributed by atoms with E-state index in [1.54, 1.807) is 6.20 Å². The third kappa shape index (κ3) is 2.59. The smallest absolute Gasteiger partial charge is 0.106 e. The summed E-state index contributed by atoms with van der Waals surface area (Å²) in [5.74, 6) is 1.78. The van der Waals surface area contributed by atoms with E-state index in [0.29, 0.717) is 5.92 Å². The molecule has 1 fully saturated rings. The van der Waals surface area contributed by atoms with E-state index in [2.05, 4.69) is 20.3 Å². The van der Waals surface area contributed by atoms with Gasteiger partial charge >= 0.3 is 0 Å². The van der Waals surface area contributed by atoms with Gasteiger partial charge in [0.05, 0.1) is 17.6 Å². The Hall–Kier alpha value is -1.68. The number of aromatic amines is 1. The highest BCUT2D eigenvalue weighted by molar-refractivity contribution is 5.52. The van der Waals surface area contributed by atoms with Gasteiger partial charge in [0, 0.05) is 12.6 Å². The predicted octanol–water partition coefficient (Wildman–Crippen LogP) is 2.01. The van der Waals surface area contributed by atoms with Gasteiger partial charge in [0.25, 0.3) is 0 Å². The number of hydrogen-bond acceptors (Lipinski definition) is 3. The van der Waals surface area contributed by atoms with Crippen LogP contribution in [-0.4, -0.2) is 28.0 Å². The first-order chi connectivity index (χ1) is 8.92. The minimum absolute atomic E-state index is 0.710. The van der Waals surface area contributed by atoms with E-state index in [1.807, 2.05) is 24.4 Å². The second kappa shape index (κ2) is 5.31. The van der Waals surface area contributed by atoms with Crippen LogP contribution in [0.15, 0.2) is 30.6 Å². The van der Waals surface area contributed by atoms with Gasteiger partial charge < -0.3 is 10.3 Å². The van der Waals surface area contributed by atoms with E-state index < -0.39 is 0 Å². The number of piperidine rings is 1. The SMILES string of the molecule is c1ccc(-c2cnc(CC3CCCNC3)[nH]2)nc1. The molecule has 18 heavy (non-hydrogen) atoms. The average molecular weight is 242 g/mol. The molecule has 2 aromatic heterocycles. The molecule has 3 heterocycles. The molecular weight excluding hydrogens is 224 g/mol. The number of nitrogens with zero attached hydrogens (tertiary/aromatic N) is 2. The van der Waals surface area contributed by atoms with Gasteiger partial charge in [-0.1, -0.05) is 6.07 Å². The van der Waals surface area contributed by atoms with Gasteiger partial charge in [-0.15, -0.1) is 0 Å². The van der Waals surface area contributed by atoms with Crippen LogP contribution in [-0.2, 0) is 6.42 Å². The summed E-state index contributed by atoms with van der Waals surface area (Å²) in [6.07, 6.45) is 7.29. The molecular formula is C14H18N4. The first-order valence-corrected chi connectivity index (χ1v) is 6.58. The monoisotopic (exact) mass is 242 g/mol. The molecule has 4 nitrogen and oxygen atoms in total. The molecule has 0 spiro atoms. The number of aromatic nitrogens is 3. The van der Waals surface area contributed by atoms with Crippen molar-refractivity contribution in [3.8, 4) is 11.4 Å². The van der Waals surface area contributed by atoms with Gasteiger partial charge in [0.2, 0.25) is 0 Å². The number of nitrogens with one attached hydrogen (secondary N) is 2. The summed E-state index contributed by atoms with van der Waals surface area (Å²) in [4.78, 5) is 12.2. The zero-order chi connectivity index (χ0) is 12.2. The van der Waals surface area contributed by atoms with E-state index in [9.17, 15) is 0 Å². The molecule has 3 rings (SSSR count). The summed E-state index contributed by atoms with van der Waals surface area (Å²) in [5, 5.41) is 3.44. The third-order valence-electron chi connectivity index (χ3n) is 3.45. The number of imidazole rings is 1. The molecule has 0 bridgehead atoms. The fourth-order valence-corrected chi connectivity index (χ4v) is 2.49. The largest absolute Gasteiger partial charge is 0.341 e. The van der Waals surface area contributed by atoms with E-state index in [1.165, 1.54) is 12.8 Å². The Bertz CT molecular complexity index is 486. The Kier molecular flexibility index (Phi) is 3.37. The number of hydrogen-bond donors (Lipinski definition) is 2. The molecule has 2 aromatic rings. The van der Waals surface area contributed by atoms with Crippen molar-refractivity contribution in [1.29, 1.82) is 0 Å². The maximum atomic E-state index is 4.46. The van der Waals surface area contributed by atoms with Gasteiger partial charge in [0.15, 0.2) is 0 Å². The molecule has 0 aliphatic carbocycles. The Labute approximate surface area is 107 Å². The van der Waals surface area contributed by atoms with Crippen LogP contribution in [0.3, 0.4) is 0 Å². The summed E-state index contributed by atoms with van der Waals surface area (Å²) in [6.45, 7) is 2.27. The van der Waals surface area contributed by atoms with Gasteiger partial charge in [0.1, 0.15) is 5.82 Å². The molecule has 1 saturated heterocycles. The number of rotatable bonds is 3. The predicted molar refractivity (Wildman–Crippen MR) is 71.1 cm³/mol. The number of H-pyrrole nitrogens is 1. The molecule has 1 aliphatic rings. The minimum atomic E-state index is 0.710. The summed E-state index contributed by atoms with van der Waals surface area (Å²) in [6, 6.07) is 5.92. The molecule has 4 heteroatoms. The van der Waals surface area contributed by atoms with Crippen molar-refractivity contribution in [2.75, 3.05) is 13.1 Å². The summed E-state index contributed by atoms with van der Waals surface area (Å²) < 4.78 is 0. The molecule has 1 atom stereocenters. The van der Waals surface area contributed by atoms with Crippen molar-refractivity contribution in [3.63, 3.8) is 0 Å². The van der Waals surface area contributed by atoms with Crippen molar-refractivity contribution in [2.24, 2.45) is 5.92 Å². The molecule has 1 unspecified atom stereocenters. The van der Waals surface area contributed by atoms with E-state index in [0.717, 1.165) is 36.7 Å². The lowest BCUT2D eigenvalue weighted by Crippen LogP contribution is -2.31. The standard InChI is InChI=1S/C14H18N4/c1-2-7-16-12(5-1)13-10-17-14(18-13)8-11-4-3-6-15-9-11/h1-2,5,7,10-11,15H,3-4,6,8-9H2,(H,17,18). The van der Waals surface area contributed by atoms with E-state index in [-0.39, 0.29) is 0 Å². The van der Waals surface area contributed by atoms with Crippen molar-refractivity contribution < 1.29 is 0 Å². The van der Waals surface area contributed by atoms with E-state index in [4.69, 9.17) is 0 Å². The molecule has 2 N–H and O–H groups in total. The van der Waals surface area contributed by atoms with Crippen LogP contribution < -0.4 is 5.32 Å². The normalized spacial score (nSPS) is 19.9. The highest BCUT2D eigenvalue weighted by Gasteiger charge is 2.15. The van der Waals surface area contributed by atoms with Crippen molar-refractivity contribution in [2.45, 2.75) is 19.3 Å². The Balaban J connectivity index is 1.69. The second-order valence-electron chi connectivity index (χ2n) is 4.88. The Morgan fingerprint density at radius 3 is 3.06 bits per heavy atom. The lowest BCUT2D eigenvalue weighted by atomic mass is 9.96. The van der Waals surface area contributed by atoms with Crippen molar-refractivity contribution in [1.82, 2.24) is 20.3 Å². The molecule has 94 valence electrons. The molecule has 0 aromatic carbocycles. The highest BCUT2D eigenvalue weighted by atomic mass is 14.9. The van der Waals surface area contributed by atoms with Gasteiger partial charge in [-0.2, -0.15) is 0 Å². The van der Waals surface area contributed by atoms with Crippen LogP contribution in [0, 0.1) is 5.92 Å². The maximum Gasteiger partial charge on any atom is 0.106 e. The maximum absolute atomic E-state index is 4.46. The first-order valence-electron chi connectivity index (χ1n) is 6.58. The van der Waals surface area contributed by atoms with Crippen LogP contribution >= 0.6 is 0 Å². The van der Waals surface area contributed by atoms with Crippen LogP contribution in [0.1, 0.15) is 18.7 Å². The number of pyridine rings is 1. The highest BCUT2D eigenvalue weighted by Crippen LogP contribution is 2.18. The van der Waals surface area contributed by atoms with Gasteiger partial charge in [-0.3, -0.25) is 4.98 Å². The average Bonchev–Trinajstić information content (AvgIpc) is 2.89. The van der Waals surface area contributed by atoms with Crippen LogP contribution in [0.2, 0.25) is 0 Å². The van der Waals surface area contributed by atoms with Gasteiger partial charge in [-0.05, 0) is 44.0 Å². The fraction of sp³-hybridized carbons (Fsp3) is 0.429. The lowest BCUT2D eigenvalue weighted by molar-refractivity contribution is 0.371. The summed E-state index contributed by atoms with van der Waals surface area (Å²) in [7, 11) is 0. The summed E-state index contributed by atoms with van der Waals surface area (Å²) >= 11 is 0. The minimum Gasteiger partial charge on any atom is -0.341 e. The Morgan fingerprint density at radius 1 is 1.28 bits per heavy atom. The topological polar surface area (TPSA) is 53.6 Å². The second-order valence-corrected chi connectivity index (χ2v) is 4.88. The quantitative estimate of drug-likeness (QED) is 0.865. The van der Waals surface area contributed by atoms with E-state index >= 15 is 0 Å². The zero-order valence-corrected chi connectivity index (χ0v) is 10.4. The fourth-order valence-electron chi connectivity index (χ4n) is 2.49. The Morgan fingerprint density at radius 2 is 2.28 bits per heavy atom.